The number of carbonyl (C=O) groups excluding carboxylic acids is 2. The maximum atomic E-state index is 12.2. The Balaban J connectivity index is 1.98. The van der Waals surface area contributed by atoms with Crippen LogP contribution in [-0.4, -0.2) is 29.4 Å². The molecule has 21 heavy (non-hydrogen) atoms. The summed E-state index contributed by atoms with van der Waals surface area (Å²) in [6.45, 7) is 2.60. The van der Waals surface area contributed by atoms with Crippen molar-refractivity contribution in [1.29, 1.82) is 0 Å². The Morgan fingerprint density at radius 3 is 2.71 bits per heavy atom. The lowest BCUT2D eigenvalue weighted by molar-refractivity contribution is 0.0927. The van der Waals surface area contributed by atoms with Crippen molar-refractivity contribution in [1.82, 2.24) is 15.6 Å². The highest BCUT2D eigenvalue weighted by Crippen LogP contribution is 2.17. The minimum absolute atomic E-state index is 0.117. The molecular formula is C16H23N3O2. The van der Waals surface area contributed by atoms with Crippen molar-refractivity contribution < 1.29 is 9.59 Å². The zero-order chi connectivity index (χ0) is 15.1. The van der Waals surface area contributed by atoms with Crippen LogP contribution in [0.2, 0.25) is 0 Å². The molecule has 0 saturated heterocycles. The molecule has 114 valence electrons. The van der Waals surface area contributed by atoms with Crippen molar-refractivity contribution >= 4 is 11.8 Å². The van der Waals surface area contributed by atoms with Gasteiger partial charge in [-0.15, -0.1) is 0 Å². The van der Waals surface area contributed by atoms with E-state index in [0.29, 0.717) is 17.8 Å². The van der Waals surface area contributed by atoms with E-state index in [1.54, 1.807) is 12.1 Å². The Morgan fingerprint density at radius 2 is 2.00 bits per heavy atom. The molecule has 0 radical (unpaired) electrons. The summed E-state index contributed by atoms with van der Waals surface area (Å²) < 4.78 is 0. The topological polar surface area (TPSA) is 71.1 Å². The minimum atomic E-state index is -0.232. The normalized spacial score (nSPS) is 15.5. The molecule has 0 unspecified atom stereocenters. The van der Waals surface area contributed by atoms with Crippen molar-refractivity contribution in [2.45, 2.75) is 51.5 Å². The van der Waals surface area contributed by atoms with Gasteiger partial charge in [0.2, 0.25) is 0 Å². The number of aromatic nitrogens is 1. The second-order valence-corrected chi connectivity index (χ2v) is 5.49. The largest absolute Gasteiger partial charge is 0.351 e. The number of nitrogens with one attached hydrogen (secondary N) is 2. The van der Waals surface area contributed by atoms with E-state index in [1.807, 2.05) is 6.92 Å². The highest BCUT2D eigenvalue weighted by Gasteiger charge is 2.17. The van der Waals surface area contributed by atoms with Crippen LogP contribution in [0.3, 0.4) is 0 Å². The molecule has 1 aromatic heterocycles. The third-order valence-corrected chi connectivity index (χ3v) is 3.73. The lowest BCUT2D eigenvalue weighted by atomic mass is 9.95. The van der Waals surface area contributed by atoms with E-state index in [9.17, 15) is 9.59 Å². The summed E-state index contributed by atoms with van der Waals surface area (Å²) in [5, 5.41) is 5.81. The molecule has 1 aliphatic rings. The van der Waals surface area contributed by atoms with Gasteiger partial charge in [-0.3, -0.25) is 14.6 Å². The highest BCUT2D eigenvalue weighted by molar-refractivity contribution is 5.98. The lowest BCUT2D eigenvalue weighted by Gasteiger charge is -2.22. The molecule has 5 heteroatoms. The van der Waals surface area contributed by atoms with Gasteiger partial charge >= 0.3 is 0 Å². The van der Waals surface area contributed by atoms with Gasteiger partial charge in [-0.25, -0.2) is 0 Å². The fourth-order valence-corrected chi connectivity index (χ4v) is 2.54. The Bertz CT molecular complexity index is 496. The molecule has 1 heterocycles. The standard InChI is InChI=1S/C16H23N3O2/c1-2-9-18-16(21)14-11-12(8-10-17-14)15(20)19-13-6-4-3-5-7-13/h8,10-11,13H,2-7,9H2,1H3,(H,18,21)(H,19,20). The summed E-state index contributed by atoms with van der Waals surface area (Å²) in [6.07, 6.45) is 8.06. The maximum absolute atomic E-state index is 12.2. The van der Waals surface area contributed by atoms with Crippen LogP contribution in [0.5, 0.6) is 0 Å². The second kappa shape index (κ2) is 7.76. The average molecular weight is 289 g/mol. The van der Waals surface area contributed by atoms with Crippen molar-refractivity contribution in [2.24, 2.45) is 0 Å². The van der Waals surface area contributed by atoms with Crippen LogP contribution in [0, 0.1) is 0 Å². The number of carbonyl (C=O) groups is 2. The Morgan fingerprint density at radius 1 is 1.24 bits per heavy atom. The van der Waals surface area contributed by atoms with Gasteiger partial charge < -0.3 is 10.6 Å². The molecule has 2 amide bonds. The molecule has 1 aliphatic carbocycles. The van der Waals surface area contributed by atoms with E-state index in [4.69, 9.17) is 0 Å². The van der Waals surface area contributed by atoms with Crippen LogP contribution in [0.15, 0.2) is 18.3 Å². The van der Waals surface area contributed by atoms with Crippen molar-refractivity contribution in [2.75, 3.05) is 6.54 Å². The van der Waals surface area contributed by atoms with Gasteiger partial charge in [-0.1, -0.05) is 26.2 Å². The first-order valence-electron chi connectivity index (χ1n) is 7.76. The average Bonchev–Trinajstić information content (AvgIpc) is 2.53. The second-order valence-electron chi connectivity index (χ2n) is 5.49. The molecule has 0 atom stereocenters. The number of hydrogen-bond donors (Lipinski definition) is 2. The summed E-state index contributed by atoms with van der Waals surface area (Å²) in [5.74, 6) is -0.349. The summed E-state index contributed by atoms with van der Waals surface area (Å²) >= 11 is 0. The summed E-state index contributed by atoms with van der Waals surface area (Å²) in [6, 6.07) is 3.47. The Hall–Kier alpha value is -1.91. The quantitative estimate of drug-likeness (QED) is 0.873. The predicted octanol–water partition coefficient (Wildman–Crippen LogP) is 2.28. The summed E-state index contributed by atoms with van der Waals surface area (Å²) in [4.78, 5) is 28.1. The monoisotopic (exact) mass is 289 g/mol. The first kappa shape index (κ1) is 15.5. The van der Waals surface area contributed by atoms with Crippen LogP contribution in [0.25, 0.3) is 0 Å². The molecule has 1 aromatic rings. The SMILES string of the molecule is CCCNC(=O)c1cc(C(=O)NC2CCCCC2)ccn1. The number of hydrogen-bond acceptors (Lipinski definition) is 3. The van der Waals surface area contributed by atoms with Gasteiger partial charge in [0.05, 0.1) is 0 Å². The molecule has 1 saturated carbocycles. The minimum Gasteiger partial charge on any atom is -0.351 e. The van der Waals surface area contributed by atoms with E-state index in [2.05, 4.69) is 15.6 Å². The smallest absolute Gasteiger partial charge is 0.269 e. The summed E-state index contributed by atoms with van der Waals surface area (Å²) in [5.41, 5.74) is 0.789. The number of nitrogens with zero attached hydrogens (tertiary/aromatic N) is 1. The van der Waals surface area contributed by atoms with Gasteiger partial charge in [-0.05, 0) is 31.4 Å². The molecule has 2 rings (SSSR count). The van der Waals surface area contributed by atoms with Crippen LogP contribution >= 0.6 is 0 Å². The summed E-state index contributed by atoms with van der Waals surface area (Å²) in [7, 11) is 0. The third-order valence-electron chi connectivity index (χ3n) is 3.73. The molecule has 0 aliphatic heterocycles. The van der Waals surface area contributed by atoms with E-state index in [0.717, 1.165) is 19.3 Å². The van der Waals surface area contributed by atoms with E-state index in [1.165, 1.54) is 25.5 Å². The fraction of sp³-hybridized carbons (Fsp3) is 0.562. The molecular weight excluding hydrogens is 266 g/mol. The fourth-order valence-electron chi connectivity index (χ4n) is 2.54. The van der Waals surface area contributed by atoms with Gasteiger partial charge in [0.25, 0.3) is 11.8 Å². The van der Waals surface area contributed by atoms with E-state index >= 15 is 0 Å². The van der Waals surface area contributed by atoms with Crippen molar-refractivity contribution in [3.63, 3.8) is 0 Å². The van der Waals surface area contributed by atoms with Crippen LogP contribution < -0.4 is 10.6 Å². The maximum Gasteiger partial charge on any atom is 0.269 e. The van der Waals surface area contributed by atoms with Crippen molar-refractivity contribution in [3.05, 3.63) is 29.6 Å². The first-order valence-corrected chi connectivity index (χ1v) is 7.76. The first-order chi connectivity index (χ1) is 10.2. The number of rotatable bonds is 5. The van der Waals surface area contributed by atoms with Crippen LogP contribution in [0.4, 0.5) is 0 Å². The number of pyridine rings is 1. The molecule has 5 nitrogen and oxygen atoms in total. The zero-order valence-corrected chi connectivity index (χ0v) is 12.5. The molecule has 2 N–H and O–H groups in total. The van der Waals surface area contributed by atoms with Crippen LogP contribution in [0.1, 0.15) is 66.3 Å². The van der Waals surface area contributed by atoms with Gasteiger partial charge in [0.1, 0.15) is 5.69 Å². The van der Waals surface area contributed by atoms with Gasteiger partial charge in [0, 0.05) is 24.3 Å². The van der Waals surface area contributed by atoms with Crippen LogP contribution in [-0.2, 0) is 0 Å². The van der Waals surface area contributed by atoms with Gasteiger partial charge in [0.15, 0.2) is 0 Å². The Labute approximate surface area is 125 Å². The lowest BCUT2D eigenvalue weighted by Crippen LogP contribution is -2.36. The zero-order valence-electron chi connectivity index (χ0n) is 12.5. The van der Waals surface area contributed by atoms with E-state index < -0.39 is 0 Å². The molecule has 0 aromatic carbocycles. The van der Waals surface area contributed by atoms with E-state index in [-0.39, 0.29) is 17.9 Å². The van der Waals surface area contributed by atoms with Crippen molar-refractivity contribution in [3.8, 4) is 0 Å². The molecule has 0 spiro atoms. The predicted molar refractivity (Wildman–Crippen MR) is 81.2 cm³/mol. The third kappa shape index (κ3) is 4.55. The molecule has 1 fully saturated rings. The van der Waals surface area contributed by atoms with Gasteiger partial charge in [-0.2, -0.15) is 0 Å². The number of amides is 2. The highest BCUT2D eigenvalue weighted by atomic mass is 16.2. The molecule has 0 bridgehead atoms. The Kier molecular flexibility index (Phi) is 5.72.